The molecule has 4 N–H and O–H groups in total. The molecule has 4 heteroatoms. The van der Waals surface area contributed by atoms with Crippen molar-refractivity contribution in [3.63, 3.8) is 0 Å². The van der Waals surface area contributed by atoms with Crippen LogP contribution in [0.4, 0.5) is 0 Å². The molecule has 2 atom stereocenters. The number of hydrogen-bond donors (Lipinski definition) is 2. The highest BCUT2D eigenvalue weighted by atomic mass is 32.4. The predicted molar refractivity (Wildman–Crippen MR) is 107 cm³/mol. The molecule has 0 saturated heterocycles. The van der Waals surface area contributed by atoms with Crippen molar-refractivity contribution in [2.24, 2.45) is 11.5 Å². The van der Waals surface area contributed by atoms with Gasteiger partial charge in [-0.15, -0.1) is 0 Å². The van der Waals surface area contributed by atoms with Crippen molar-refractivity contribution in [2.45, 2.75) is 11.6 Å². The minimum Gasteiger partial charge on any atom is -0.319 e. The van der Waals surface area contributed by atoms with Crippen LogP contribution in [-0.4, -0.2) is 0 Å². The zero-order chi connectivity index (χ0) is 17.0. The van der Waals surface area contributed by atoms with Gasteiger partial charge in [0.15, 0.2) is 0 Å². The van der Waals surface area contributed by atoms with E-state index < -0.39 is 6.04 Å². The van der Waals surface area contributed by atoms with Gasteiger partial charge in [-0.05, 0) is 16.4 Å². The van der Waals surface area contributed by atoms with Gasteiger partial charge in [0.05, 0.1) is 11.6 Å². The molecule has 2 nitrogen and oxygen atoms in total. The van der Waals surface area contributed by atoms with Crippen molar-refractivity contribution in [1.82, 2.24) is 0 Å². The largest absolute Gasteiger partial charge is 0.319 e. The van der Waals surface area contributed by atoms with Gasteiger partial charge in [0.25, 0.3) is 0 Å². The van der Waals surface area contributed by atoms with Crippen molar-refractivity contribution >= 4 is 23.1 Å². The molecule has 0 saturated carbocycles. The fraction of sp³-hybridized carbons (Fsp3) is 0.100. The van der Waals surface area contributed by atoms with Crippen molar-refractivity contribution in [1.29, 1.82) is 0 Å². The molecule has 0 bridgehead atoms. The highest BCUT2D eigenvalue weighted by Gasteiger charge is 2.35. The predicted octanol–water partition coefficient (Wildman–Crippen LogP) is 4.11. The molecule has 0 aliphatic heterocycles. The molecule has 0 fully saturated rings. The van der Waals surface area contributed by atoms with Gasteiger partial charge < -0.3 is 11.5 Å². The summed E-state index contributed by atoms with van der Waals surface area (Å²) in [5.74, 6) is -0.572. The van der Waals surface area contributed by atoms with Gasteiger partial charge in [0, 0.05) is 6.04 Å². The summed E-state index contributed by atoms with van der Waals surface area (Å²) in [4.78, 5) is 0. The van der Waals surface area contributed by atoms with Crippen LogP contribution in [0.3, 0.4) is 0 Å². The van der Waals surface area contributed by atoms with Crippen LogP contribution >= 0.6 is 6.04 Å². The molecule has 0 spiro atoms. The molecule has 0 heterocycles. The fourth-order valence-corrected chi connectivity index (χ4v) is 6.85. The molecule has 0 aliphatic carbocycles. The van der Waals surface area contributed by atoms with Crippen LogP contribution in [0.1, 0.15) is 22.7 Å². The smallest absolute Gasteiger partial charge is 0.0646 e. The van der Waals surface area contributed by atoms with Crippen LogP contribution in [0.2, 0.25) is 0 Å². The van der Waals surface area contributed by atoms with Crippen molar-refractivity contribution < 1.29 is 0 Å². The fourth-order valence-electron chi connectivity index (χ4n) is 2.90. The van der Waals surface area contributed by atoms with Crippen LogP contribution in [-0.2, 0) is 11.8 Å². The summed E-state index contributed by atoms with van der Waals surface area (Å²) < 4.78 is 0. The van der Waals surface area contributed by atoms with Crippen LogP contribution in [0.25, 0.3) is 0 Å². The number of hydrogen-bond acceptors (Lipinski definition) is 3. The van der Waals surface area contributed by atoms with E-state index in [0.717, 1.165) is 16.4 Å². The van der Waals surface area contributed by atoms with Crippen LogP contribution < -0.4 is 16.8 Å². The summed E-state index contributed by atoms with van der Waals surface area (Å²) in [5.41, 5.74) is 15.5. The number of benzene rings is 3. The van der Waals surface area contributed by atoms with Gasteiger partial charge in [0.1, 0.15) is 0 Å². The van der Waals surface area contributed by atoms with Crippen molar-refractivity contribution in [3.8, 4) is 0 Å². The molecule has 2 unspecified atom stereocenters. The monoisotopic (exact) mass is 352 g/mol. The maximum absolute atomic E-state index is 6.71. The van der Waals surface area contributed by atoms with Gasteiger partial charge in [-0.2, -0.15) is 0 Å². The van der Waals surface area contributed by atoms with Gasteiger partial charge in [-0.25, -0.2) is 0 Å². The lowest BCUT2D eigenvalue weighted by Crippen LogP contribution is -2.26. The third-order valence-corrected chi connectivity index (χ3v) is 9.62. The van der Waals surface area contributed by atoms with E-state index in [0.29, 0.717) is 0 Å². The lowest BCUT2D eigenvalue weighted by atomic mass is 10.2. The number of nitrogens with two attached hydrogens (primary N) is 2. The first kappa shape index (κ1) is 17.1. The summed E-state index contributed by atoms with van der Waals surface area (Å²) in [7, 11) is 0. The molecule has 122 valence electrons. The van der Waals surface area contributed by atoms with Crippen molar-refractivity contribution in [2.75, 3.05) is 0 Å². The molecule has 3 rings (SSSR count). The minimum absolute atomic E-state index is 0.286. The Hall–Kier alpha value is -1.77. The summed E-state index contributed by atoms with van der Waals surface area (Å²) in [6.45, 7) is 0. The zero-order valence-corrected chi connectivity index (χ0v) is 15.0. The average Bonchev–Trinajstić information content (AvgIpc) is 2.68. The third kappa shape index (κ3) is 3.22. The summed E-state index contributed by atoms with van der Waals surface area (Å²) >= 11 is 6.24. The molecule has 3 aromatic carbocycles. The molecule has 24 heavy (non-hydrogen) atoms. The van der Waals surface area contributed by atoms with E-state index in [9.17, 15) is 0 Å². The Bertz CT molecular complexity index is 773. The Balaban J connectivity index is 2.13. The first-order valence-electron chi connectivity index (χ1n) is 7.90. The van der Waals surface area contributed by atoms with E-state index >= 15 is 0 Å². The van der Waals surface area contributed by atoms with E-state index in [1.807, 2.05) is 78.9 Å². The Labute approximate surface area is 148 Å². The first-order valence-corrected chi connectivity index (χ1v) is 10.8. The van der Waals surface area contributed by atoms with E-state index in [4.69, 9.17) is 23.3 Å². The van der Waals surface area contributed by atoms with Crippen molar-refractivity contribution in [3.05, 3.63) is 102 Å². The molecule has 3 aromatic rings. The maximum Gasteiger partial charge on any atom is 0.0646 e. The van der Waals surface area contributed by atoms with Crippen LogP contribution in [0, 0.1) is 0 Å². The Morgan fingerprint density at radius 3 is 1.29 bits per heavy atom. The van der Waals surface area contributed by atoms with E-state index in [-0.39, 0.29) is 11.6 Å². The summed E-state index contributed by atoms with van der Waals surface area (Å²) in [5, 5.41) is 1.08. The Morgan fingerprint density at radius 2 is 0.917 bits per heavy atom. The molecular weight excluding hydrogens is 331 g/mol. The molecule has 0 radical (unpaired) electrons. The topological polar surface area (TPSA) is 52.0 Å². The average molecular weight is 352 g/mol. The van der Waals surface area contributed by atoms with E-state index in [2.05, 4.69) is 12.1 Å². The lowest BCUT2D eigenvalue weighted by molar-refractivity contribution is 0.941. The normalized spacial score (nSPS) is 16.1. The maximum atomic E-state index is 6.71. The second-order valence-electron chi connectivity index (χ2n) is 5.76. The second-order valence-corrected chi connectivity index (χ2v) is 10.6. The Morgan fingerprint density at radius 1 is 0.583 bits per heavy atom. The minimum atomic E-state index is -2.31. The summed E-state index contributed by atoms with van der Waals surface area (Å²) in [6.07, 6.45) is 0. The quantitative estimate of drug-likeness (QED) is 0.680. The van der Waals surface area contributed by atoms with E-state index in [1.54, 1.807) is 0 Å². The van der Waals surface area contributed by atoms with Crippen LogP contribution in [0.15, 0.2) is 91.0 Å². The second kappa shape index (κ2) is 7.42. The molecule has 0 aliphatic rings. The SMILES string of the molecule is NC(c1ccccc1)P(=S)(c1ccccc1)C(N)c1ccccc1. The molecular formula is C20H21N2PS. The first-order chi connectivity index (χ1) is 11.6. The lowest BCUT2D eigenvalue weighted by Gasteiger charge is -2.35. The van der Waals surface area contributed by atoms with E-state index in [1.165, 1.54) is 0 Å². The summed E-state index contributed by atoms with van der Waals surface area (Å²) in [6, 6.07) is 27.9. The number of rotatable bonds is 5. The highest BCUT2D eigenvalue weighted by molar-refractivity contribution is 8.18. The van der Waals surface area contributed by atoms with Gasteiger partial charge in [-0.3, -0.25) is 0 Å². The Kier molecular flexibility index (Phi) is 5.27. The van der Waals surface area contributed by atoms with Gasteiger partial charge in [0.2, 0.25) is 0 Å². The van der Waals surface area contributed by atoms with Gasteiger partial charge >= 0.3 is 0 Å². The van der Waals surface area contributed by atoms with Gasteiger partial charge in [-0.1, -0.05) is 103 Å². The zero-order valence-electron chi connectivity index (χ0n) is 13.3. The molecule has 0 aromatic heterocycles. The van der Waals surface area contributed by atoms with Crippen LogP contribution in [0.5, 0.6) is 0 Å². The highest BCUT2D eigenvalue weighted by Crippen LogP contribution is 2.63. The standard InChI is InChI=1S/C20H21N2PS/c21-19(16-10-4-1-5-11-16)23(24,18-14-8-3-9-15-18)20(22)17-12-6-2-7-13-17/h1-15,19-20H,21-22H2. The molecule has 0 amide bonds. The third-order valence-electron chi connectivity index (χ3n) is 4.27.